The molecule has 0 radical (unpaired) electrons. The highest BCUT2D eigenvalue weighted by atomic mass is 79.9. The van der Waals surface area contributed by atoms with Gasteiger partial charge >= 0.3 is 0 Å². The molecule has 4 aliphatic rings. The van der Waals surface area contributed by atoms with E-state index in [1.54, 1.807) is 5.38 Å². The van der Waals surface area contributed by atoms with Crippen LogP contribution in [0.4, 0.5) is 13.9 Å². The number of anilines is 1. The summed E-state index contributed by atoms with van der Waals surface area (Å²) in [7, 11) is 0. The van der Waals surface area contributed by atoms with Crippen LogP contribution in [0, 0.1) is 28.9 Å². The molecule has 3 nitrogen and oxygen atoms in total. The van der Waals surface area contributed by atoms with E-state index in [2.05, 4.69) is 26.2 Å². The molecule has 4 saturated carbocycles. The molecule has 1 amide bonds. The highest BCUT2D eigenvalue weighted by Crippen LogP contribution is 2.65. The van der Waals surface area contributed by atoms with Crippen molar-refractivity contribution in [2.75, 3.05) is 5.32 Å². The van der Waals surface area contributed by atoms with Crippen molar-refractivity contribution in [3.63, 3.8) is 0 Å². The van der Waals surface area contributed by atoms with Crippen molar-refractivity contribution < 1.29 is 13.6 Å². The maximum Gasteiger partial charge on any atom is 0.226 e. The van der Waals surface area contributed by atoms with Crippen LogP contribution < -0.4 is 5.32 Å². The van der Waals surface area contributed by atoms with Gasteiger partial charge in [0.2, 0.25) is 5.91 Å². The number of carbonyl (C=O) groups is 1. The first-order valence-electron chi connectivity index (χ1n) is 9.71. The van der Waals surface area contributed by atoms with Gasteiger partial charge in [-0.1, -0.05) is 15.9 Å². The average Bonchev–Trinajstić information content (AvgIpc) is 3.02. The quantitative estimate of drug-likeness (QED) is 0.548. The van der Waals surface area contributed by atoms with Crippen molar-refractivity contribution in [1.82, 2.24) is 4.98 Å². The summed E-state index contributed by atoms with van der Waals surface area (Å²) in [6, 6.07) is 3.70. The summed E-state index contributed by atoms with van der Waals surface area (Å²) in [5.74, 6) is -0.292. The van der Waals surface area contributed by atoms with Crippen LogP contribution in [0.3, 0.4) is 0 Å². The number of carbonyl (C=O) groups excluding carboxylic acids is 1. The van der Waals surface area contributed by atoms with Crippen LogP contribution in [0.15, 0.2) is 23.6 Å². The van der Waals surface area contributed by atoms with Gasteiger partial charge in [-0.15, -0.1) is 11.3 Å². The van der Waals surface area contributed by atoms with Crippen molar-refractivity contribution >= 4 is 38.3 Å². The second kappa shape index (κ2) is 6.59. The number of benzene rings is 1. The zero-order chi connectivity index (χ0) is 19.5. The third-order valence-electron chi connectivity index (χ3n) is 6.61. The molecule has 7 heteroatoms. The largest absolute Gasteiger partial charge is 0.302 e. The van der Waals surface area contributed by atoms with Crippen LogP contribution in [0.1, 0.15) is 44.9 Å². The normalized spacial score (nSPS) is 33.2. The van der Waals surface area contributed by atoms with E-state index in [1.165, 1.54) is 36.7 Å². The number of hydrogen-bond donors (Lipinski definition) is 1. The van der Waals surface area contributed by atoms with Gasteiger partial charge in [0.05, 0.1) is 5.69 Å². The molecule has 4 fully saturated rings. The molecule has 148 valence electrons. The SMILES string of the molecule is O=C(CC12C[C@@H]3C[C@H](CC(Br)(C3)C1)C2)Nc1nc(-c2ccc(F)c(F)c2)cs1. The summed E-state index contributed by atoms with van der Waals surface area (Å²) in [5.41, 5.74) is 1.14. The van der Waals surface area contributed by atoms with Gasteiger partial charge in [0, 0.05) is 21.7 Å². The van der Waals surface area contributed by atoms with Crippen molar-refractivity contribution in [2.24, 2.45) is 17.3 Å². The lowest BCUT2D eigenvalue weighted by atomic mass is 9.48. The first-order valence-corrected chi connectivity index (χ1v) is 11.4. The van der Waals surface area contributed by atoms with E-state index in [-0.39, 0.29) is 15.6 Å². The first-order chi connectivity index (χ1) is 13.3. The van der Waals surface area contributed by atoms with E-state index in [1.807, 2.05) is 0 Å². The van der Waals surface area contributed by atoms with Gasteiger partial charge in [-0.25, -0.2) is 13.8 Å². The molecule has 6 rings (SSSR count). The second-order valence-corrected chi connectivity index (χ2v) is 11.5. The summed E-state index contributed by atoms with van der Waals surface area (Å²) < 4.78 is 26.8. The number of hydrogen-bond acceptors (Lipinski definition) is 3. The number of amides is 1. The van der Waals surface area contributed by atoms with Gasteiger partial charge in [0.1, 0.15) is 0 Å². The lowest BCUT2D eigenvalue weighted by Gasteiger charge is -2.60. The summed E-state index contributed by atoms with van der Waals surface area (Å²) in [6.07, 6.45) is 7.74. The molecular formula is C21H21BrF2N2OS. The molecule has 2 atom stereocenters. The fourth-order valence-electron chi connectivity index (χ4n) is 6.17. The Morgan fingerprint density at radius 1 is 1.21 bits per heavy atom. The number of thiazole rings is 1. The van der Waals surface area contributed by atoms with Crippen LogP contribution in [-0.2, 0) is 4.79 Å². The molecular weight excluding hydrogens is 446 g/mol. The fraction of sp³-hybridized carbons (Fsp3) is 0.524. The van der Waals surface area contributed by atoms with E-state index >= 15 is 0 Å². The second-order valence-electron chi connectivity index (χ2n) is 9.00. The number of nitrogens with one attached hydrogen (secondary N) is 1. The summed E-state index contributed by atoms with van der Waals surface area (Å²) in [5, 5.41) is 5.18. The molecule has 0 spiro atoms. The molecule has 1 heterocycles. The summed E-state index contributed by atoms with van der Waals surface area (Å²) in [4.78, 5) is 17.2. The Bertz CT molecular complexity index is 932. The number of halogens is 3. The topological polar surface area (TPSA) is 42.0 Å². The Hall–Kier alpha value is -1.34. The minimum Gasteiger partial charge on any atom is -0.302 e. The van der Waals surface area contributed by atoms with Crippen molar-refractivity contribution in [3.05, 3.63) is 35.2 Å². The average molecular weight is 467 g/mol. The van der Waals surface area contributed by atoms with Crippen LogP contribution in [-0.4, -0.2) is 15.2 Å². The minimum atomic E-state index is -0.901. The van der Waals surface area contributed by atoms with Crippen molar-refractivity contribution in [1.29, 1.82) is 0 Å². The molecule has 28 heavy (non-hydrogen) atoms. The van der Waals surface area contributed by atoms with Crippen LogP contribution in [0.5, 0.6) is 0 Å². The maximum atomic E-state index is 13.5. The number of alkyl halides is 1. The smallest absolute Gasteiger partial charge is 0.226 e. The zero-order valence-corrected chi connectivity index (χ0v) is 17.7. The number of rotatable bonds is 4. The van der Waals surface area contributed by atoms with Crippen LogP contribution in [0.25, 0.3) is 11.3 Å². The monoisotopic (exact) mass is 466 g/mol. The van der Waals surface area contributed by atoms with Crippen LogP contribution in [0.2, 0.25) is 0 Å². The highest BCUT2D eigenvalue weighted by Gasteiger charge is 2.57. The molecule has 1 aromatic heterocycles. The standard InChI is InChI=1S/C21H21BrF2N2OS/c22-21-7-12-3-13(8-21)6-20(5-12,11-21)9-18(27)26-19-25-17(10-28-19)14-1-2-15(23)16(24)4-14/h1-2,4,10,12-13H,3,5-9,11H2,(H,25,26,27)/t12-,13-,20?,21?/m0/s1. The van der Waals surface area contributed by atoms with E-state index < -0.39 is 11.6 Å². The van der Waals surface area contributed by atoms with Crippen molar-refractivity contribution in [3.8, 4) is 11.3 Å². The van der Waals surface area contributed by atoms with E-state index in [9.17, 15) is 13.6 Å². The maximum absolute atomic E-state index is 13.5. The molecule has 0 aliphatic heterocycles. The molecule has 2 aromatic rings. The molecule has 0 saturated heterocycles. The van der Waals surface area contributed by atoms with Gasteiger partial charge in [-0.05, 0) is 74.0 Å². The third kappa shape index (κ3) is 3.41. The Morgan fingerprint density at radius 2 is 1.96 bits per heavy atom. The van der Waals surface area contributed by atoms with E-state index in [0.717, 1.165) is 43.2 Å². The van der Waals surface area contributed by atoms with Gasteiger partial charge in [0.15, 0.2) is 16.8 Å². The van der Waals surface area contributed by atoms with Gasteiger partial charge < -0.3 is 5.32 Å². The number of nitrogens with zero attached hydrogens (tertiary/aromatic N) is 1. The molecule has 1 aromatic carbocycles. The Balaban J connectivity index is 1.28. The molecule has 4 bridgehead atoms. The predicted molar refractivity (Wildman–Crippen MR) is 109 cm³/mol. The summed E-state index contributed by atoms with van der Waals surface area (Å²) >= 11 is 5.30. The predicted octanol–water partition coefficient (Wildman–Crippen LogP) is 6.15. The molecule has 0 unspecified atom stereocenters. The van der Waals surface area contributed by atoms with Gasteiger partial charge in [0.25, 0.3) is 0 Å². The minimum absolute atomic E-state index is 0.00392. The molecule has 1 N–H and O–H groups in total. The zero-order valence-electron chi connectivity index (χ0n) is 15.3. The van der Waals surface area contributed by atoms with Gasteiger partial charge in [-0.2, -0.15) is 0 Å². The van der Waals surface area contributed by atoms with E-state index in [0.29, 0.717) is 22.8 Å². The fourth-order valence-corrected chi connectivity index (χ4v) is 8.41. The Morgan fingerprint density at radius 3 is 2.64 bits per heavy atom. The molecule has 4 aliphatic carbocycles. The Kier molecular flexibility index (Phi) is 4.40. The first kappa shape index (κ1) is 18.7. The van der Waals surface area contributed by atoms with E-state index in [4.69, 9.17) is 0 Å². The highest BCUT2D eigenvalue weighted by molar-refractivity contribution is 9.10. The third-order valence-corrected chi connectivity index (χ3v) is 8.30. The number of aromatic nitrogens is 1. The van der Waals surface area contributed by atoms with Gasteiger partial charge in [-0.3, -0.25) is 4.79 Å². The summed E-state index contributed by atoms with van der Waals surface area (Å²) in [6.45, 7) is 0. The lowest BCUT2D eigenvalue weighted by molar-refractivity contribution is -0.123. The lowest BCUT2D eigenvalue weighted by Crippen LogP contribution is -2.53. The Labute approximate surface area is 175 Å². The van der Waals surface area contributed by atoms with Crippen LogP contribution >= 0.6 is 27.3 Å². The van der Waals surface area contributed by atoms with Crippen molar-refractivity contribution in [2.45, 2.75) is 49.3 Å².